The molecule has 2 aliphatic rings. The van der Waals surface area contributed by atoms with Gasteiger partial charge in [-0.2, -0.15) is 23.7 Å². The molecule has 2 saturated heterocycles. The van der Waals surface area contributed by atoms with Crippen molar-refractivity contribution in [3.05, 3.63) is 267 Å². The molecule has 0 saturated carbocycles. The molecule has 0 unspecified atom stereocenters. The number of hydrogen-bond acceptors (Lipinski definition) is 20. The highest BCUT2D eigenvalue weighted by molar-refractivity contribution is 6.31. The fraction of sp³-hybridized carbons (Fsp3) is 0.406. The summed E-state index contributed by atoms with van der Waals surface area (Å²) in [6.45, 7) is 24.1. The standard InChI is InChI=1S/C37H45F3N8O2.C36H43ClFN7O.C33H40ClFN10O2/c1-21(41)7-5-8-24-17-29(33(38)32(18-24)50-37(4,39)40)31-19-26-20-48(36(49)47-34(26)46-31)28-13-11-25(12-14-28)30-10-6-9-27(45-30)15-16-42-35-43-22(2)23(3)44-35;1-21(2)7-5-8-24-17-29(33(38)30(37)18-24)32-19-26-20-45(36(46)44-34(26)43-32)28-13-11-25(12-14-28)31-10-6-9-27(42-31)15-16-39-35-40-22(3)23(4)41-35;1-19(2)5-4-6-22-13-26(29(35)27(34)14-22)28-15-23-18-45(33(46)42-30(23)41-28)25-9-7-21(8-10-25)16-39-24(11-12-38-31(36)37)17-40-32-44-43-20(3)47-32/h11-14,17-21,27,30,45H,5-10,15-16,41H2,1-4H3,(H2,42,43,44)(H,46,47,49);11-14,17-21,27,31,42H,5-10,15-16H2,1-4H3,(H2,39,40,41)(H,43,44,46);7-10,13-15,18-19,24,39H,4-6,11-12,16-17H2,1-3H3,(H,40,44)(H4,36,37,38)(H,41,42,46)/t21-,27+,30+;27-,31-;24-/m011/s1. The van der Waals surface area contributed by atoms with Crippen LogP contribution in [-0.4, -0.2) is 136 Å². The van der Waals surface area contributed by atoms with Gasteiger partial charge in [0.1, 0.15) is 16.9 Å². The largest absolute Gasteiger partial charge is 0.430 e. The van der Waals surface area contributed by atoms with E-state index in [2.05, 4.69) is 137 Å². The minimum absolute atomic E-state index is 0.0116. The summed E-state index contributed by atoms with van der Waals surface area (Å²) in [6, 6.07) is 40.3. The SMILES string of the molecule is Cc1nc(NCC[C@H]2CCC[C@H](c3ccc(-n4cc5cc(-c6cc(CCCC(C)C)cc(Cl)c6F)[nH]c5nc4=O)cc3)N2)[nH]c1C.Cc1nc(NCC[C@H]2CCC[C@H](c3ccc(-n4cc5cc(-c6cc(CCC[C@H](C)N)cc(OC(C)(F)F)c6F)[nH]c5nc4=O)cc3)N2)[nH]c1C.Cc1nnc(NC[C@@H](CCN=C(N)N)NCc2ccc(-n3cc4cc(-c5cc(CCCC(C)C)cc(Cl)c5F)[nH]c4nc3=O)cc2)o1. The van der Waals surface area contributed by atoms with Gasteiger partial charge in [-0.1, -0.05) is 118 Å². The topological polar surface area (TPSA) is 420 Å². The highest BCUT2D eigenvalue weighted by atomic mass is 35.5. The van der Waals surface area contributed by atoms with E-state index in [1.807, 2.05) is 113 Å². The lowest BCUT2D eigenvalue weighted by atomic mass is 9.92. The molecule has 756 valence electrons. The molecular weight excluding hydrogens is 1870 g/mol. The van der Waals surface area contributed by atoms with Crippen molar-refractivity contribution >= 4 is 80.2 Å². The van der Waals surface area contributed by atoms with Crippen molar-refractivity contribution in [3.63, 3.8) is 0 Å². The molecule has 2 aliphatic heterocycles. The van der Waals surface area contributed by atoms with Crippen molar-refractivity contribution in [2.75, 3.05) is 42.1 Å². The molecule has 6 atom stereocenters. The van der Waals surface area contributed by atoms with E-state index in [1.54, 1.807) is 55.8 Å². The number of ether oxygens (including phenoxy) is 1. The molecule has 37 heteroatoms. The van der Waals surface area contributed by atoms with Crippen molar-refractivity contribution < 1.29 is 31.1 Å². The number of aromatic amines is 5. The molecule has 0 radical (unpaired) electrons. The van der Waals surface area contributed by atoms with Crippen LogP contribution < -0.4 is 70.9 Å². The number of nitrogens with one attached hydrogen (secondary N) is 11. The van der Waals surface area contributed by atoms with Crippen molar-refractivity contribution in [1.29, 1.82) is 0 Å². The number of nitrogens with zero attached hydrogens (tertiary/aromatic N) is 11. The van der Waals surface area contributed by atoms with E-state index in [9.17, 15) is 23.2 Å². The first-order valence-electron chi connectivity index (χ1n) is 49.2. The smallest absolute Gasteiger partial charge is 0.395 e. The van der Waals surface area contributed by atoms with Crippen LogP contribution in [0.3, 0.4) is 0 Å². The third kappa shape index (κ3) is 27.8. The molecule has 15 aromatic rings. The average Bonchev–Trinajstić information content (AvgIpc) is 1.65. The molecule has 0 bridgehead atoms. The summed E-state index contributed by atoms with van der Waals surface area (Å²) in [4.78, 5) is 80.9. The van der Waals surface area contributed by atoms with E-state index >= 15 is 13.2 Å². The summed E-state index contributed by atoms with van der Waals surface area (Å²) in [5.41, 5.74) is 30.8. The molecule has 17 rings (SSSR count). The van der Waals surface area contributed by atoms with Gasteiger partial charge in [0.2, 0.25) is 17.8 Å². The second-order valence-corrected chi connectivity index (χ2v) is 39.4. The Morgan fingerprint density at radius 2 is 0.944 bits per heavy atom. The zero-order valence-electron chi connectivity index (χ0n) is 82.6. The lowest BCUT2D eigenvalue weighted by Crippen LogP contribution is -2.38. The summed E-state index contributed by atoms with van der Waals surface area (Å²) < 4.78 is 88.2. The number of aliphatic imine (C=N–C) groups is 1. The Morgan fingerprint density at radius 3 is 1.34 bits per heavy atom. The Kier molecular flexibility index (Phi) is 34.4. The maximum atomic E-state index is 15.6. The number of piperidine rings is 2. The zero-order chi connectivity index (χ0) is 101. The molecule has 0 aliphatic carbocycles. The van der Waals surface area contributed by atoms with Gasteiger partial charge in [0.25, 0.3) is 0 Å². The fourth-order valence-electron chi connectivity index (χ4n) is 18.3. The molecule has 0 amide bonds. The minimum Gasteiger partial charge on any atom is -0.430 e. The van der Waals surface area contributed by atoms with Crippen molar-refractivity contribution in [1.82, 2.24) is 89.7 Å². The second-order valence-electron chi connectivity index (χ2n) is 38.6. The van der Waals surface area contributed by atoms with Crippen LogP contribution in [0.2, 0.25) is 10.0 Å². The maximum Gasteiger partial charge on any atom is 0.395 e. The van der Waals surface area contributed by atoms with Crippen molar-refractivity contribution in [2.24, 2.45) is 34.0 Å². The molecule has 11 heterocycles. The van der Waals surface area contributed by atoms with Gasteiger partial charge in [0.15, 0.2) is 29.2 Å². The van der Waals surface area contributed by atoms with Crippen LogP contribution in [0, 0.1) is 63.9 Å². The molecule has 9 aromatic heterocycles. The molecular formula is C106H128Cl2F5N25O5. The van der Waals surface area contributed by atoms with Gasteiger partial charge in [-0.15, -0.1) is 5.10 Å². The fourth-order valence-corrected chi connectivity index (χ4v) is 18.7. The van der Waals surface area contributed by atoms with E-state index in [-0.39, 0.29) is 51.4 Å². The van der Waals surface area contributed by atoms with E-state index in [0.29, 0.717) is 154 Å². The average molecular weight is 2000 g/mol. The van der Waals surface area contributed by atoms with E-state index in [4.69, 9.17) is 49.6 Å². The summed E-state index contributed by atoms with van der Waals surface area (Å²) in [5.74, 6) is 0.863. The number of aromatic nitrogens is 15. The van der Waals surface area contributed by atoms with Gasteiger partial charge < -0.3 is 83.2 Å². The van der Waals surface area contributed by atoms with Crippen LogP contribution in [0.15, 0.2) is 170 Å². The highest BCUT2D eigenvalue weighted by Crippen LogP contribution is 2.39. The van der Waals surface area contributed by atoms with Crippen LogP contribution in [-0.2, 0) is 25.8 Å². The highest BCUT2D eigenvalue weighted by Gasteiger charge is 2.30. The lowest BCUT2D eigenvalue weighted by Gasteiger charge is -2.31. The first kappa shape index (κ1) is 104. The third-order valence-corrected chi connectivity index (χ3v) is 26.7. The number of hydrogen-bond donors (Lipinski definition) is 14. The van der Waals surface area contributed by atoms with Crippen LogP contribution in [0.25, 0.3) is 83.9 Å². The number of nitrogens with two attached hydrogens (primary N) is 3. The lowest BCUT2D eigenvalue weighted by molar-refractivity contribution is -0.160. The predicted octanol–water partition coefficient (Wildman–Crippen LogP) is 20.5. The quantitative estimate of drug-likeness (QED) is 0.00966. The summed E-state index contributed by atoms with van der Waals surface area (Å²) in [5, 5.41) is 30.9. The van der Waals surface area contributed by atoms with Gasteiger partial charge in [-0.3, -0.25) is 18.7 Å². The summed E-state index contributed by atoms with van der Waals surface area (Å²) in [6.07, 6.45) is 18.5. The Bertz CT molecular complexity index is 7050. The van der Waals surface area contributed by atoms with Gasteiger partial charge >= 0.3 is 29.2 Å². The molecule has 0 spiro atoms. The molecule has 143 heavy (non-hydrogen) atoms. The number of H-pyrrole nitrogens is 5. The van der Waals surface area contributed by atoms with E-state index < -0.39 is 46.4 Å². The minimum atomic E-state index is -3.57. The van der Waals surface area contributed by atoms with Crippen LogP contribution in [0.5, 0.6) is 5.75 Å². The normalized spacial score (nSPS) is 15.4. The zero-order valence-corrected chi connectivity index (χ0v) is 84.1. The number of benzene rings is 6. The first-order chi connectivity index (χ1) is 68.5. The van der Waals surface area contributed by atoms with E-state index in [0.717, 1.165) is 172 Å². The van der Waals surface area contributed by atoms with E-state index in [1.165, 1.54) is 25.3 Å². The first-order valence-corrected chi connectivity index (χ1v) is 50.0. The molecule has 2 fully saturated rings. The monoisotopic (exact) mass is 2000 g/mol. The number of guanidine groups is 1. The Morgan fingerprint density at radius 1 is 0.524 bits per heavy atom. The van der Waals surface area contributed by atoms with Crippen molar-refractivity contribution in [3.8, 4) is 56.6 Å². The number of anilines is 3. The summed E-state index contributed by atoms with van der Waals surface area (Å²) >= 11 is 12.6. The maximum absolute atomic E-state index is 15.6. The number of imidazole rings is 2. The van der Waals surface area contributed by atoms with Crippen LogP contribution >= 0.6 is 23.2 Å². The number of fused-ring (bicyclic) bond motifs is 3. The number of alkyl halides is 2. The van der Waals surface area contributed by atoms with Gasteiger partial charge in [-0.05, 0) is 261 Å². The van der Waals surface area contributed by atoms with Crippen LogP contribution in [0.1, 0.15) is 212 Å². The number of rotatable bonds is 39. The molecule has 17 N–H and O–H groups in total. The van der Waals surface area contributed by atoms with Crippen molar-refractivity contribution in [2.45, 2.75) is 241 Å². The number of aryl methyl sites for hydroxylation is 8. The molecule has 6 aromatic carbocycles. The molecule has 30 nitrogen and oxygen atoms in total. The van der Waals surface area contributed by atoms with Gasteiger partial charge in [0, 0.05) is 146 Å². The Hall–Kier alpha value is -13.3. The summed E-state index contributed by atoms with van der Waals surface area (Å²) in [7, 11) is 0. The predicted molar refractivity (Wildman–Crippen MR) is 557 cm³/mol. The Balaban J connectivity index is 0.000000162. The van der Waals surface area contributed by atoms with Gasteiger partial charge in [-0.25, -0.2) is 37.5 Å². The number of halogens is 7. The third-order valence-electron chi connectivity index (χ3n) is 26.1. The second kappa shape index (κ2) is 47.3. The van der Waals surface area contributed by atoms with Gasteiger partial charge in [0.05, 0.1) is 55.6 Å². The Labute approximate surface area is 836 Å². The van der Waals surface area contributed by atoms with Crippen LogP contribution in [0.4, 0.5) is 39.9 Å².